The Morgan fingerprint density at radius 3 is 1.86 bits per heavy atom. The van der Waals surface area contributed by atoms with Gasteiger partial charge in [0.2, 0.25) is 0 Å². The number of hydrogen-bond acceptors (Lipinski definition) is 4. The van der Waals surface area contributed by atoms with E-state index < -0.39 is 0 Å². The third-order valence-corrected chi connectivity index (χ3v) is 12.9. The molecule has 3 heterocycles. The van der Waals surface area contributed by atoms with Crippen LogP contribution in [0.15, 0.2) is 176 Å². The minimum Gasteiger partial charge on any atom is -0.509 e. The van der Waals surface area contributed by atoms with Crippen molar-refractivity contribution in [2.45, 2.75) is 64.7 Å². The first-order valence-electron chi connectivity index (χ1n) is 21.8. The van der Waals surface area contributed by atoms with E-state index in [1.807, 2.05) is 24.4 Å². The standard InChI is InChI=1S/C58H51N4O.Pt/c1-56(2,3)42-28-31-52-54(35-42)61(39-60(52)45-23-16-22-43(34-45)57(4,5)40-18-10-8-11-19-40)46-24-17-25-47(37-46)63-48-29-30-50-49-26-14-15-27-51(49)62(53(50)38-48)55-36-44(32-33-59-55)58(6,7)41-20-12-9-13-21-41;/h8-36,39H,1-7H3;/q-3;. The number of benzene rings is 7. The molecule has 0 aliphatic carbocycles. The van der Waals surface area contributed by atoms with E-state index in [1.165, 1.54) is 27.8 Å². The second-order valence-electron chi connectivity index (χ2n) is 18.7. The molecule has 0 amide bonds. The summed E-state index contributed by atoms with van der Waals surface area (Å²) in [5.74, 6) is 2.03. The zero-order valence-corrected chi connectivity index (χ0v) is 39.6. The molecule has 10 rings (SSSR count). The normalized spacial score (nSPS) is 13.0. The number of rotatable bonds is 9. The Bertz CT molecular complexity index is 3130. The molecule has 6 heteroatoms. The first kappa shape index (κ1) is 42.9. The molecule has 0 N–H and O–H groups in total. The van der Waals surface area contributed by atoms with Crippen LogP contribution in [0.4, 0.5) is 22.7 Å². The van der Waals surface area contributed by atoms with Crippen LogP contribution in [0.2, 0.25) is 0 Å². The summed E-state index contributed by atoms with van der Waals surface area (Å²) in [5.41, 5.74) is 11.9. The van der Waals surface area contributed by atoms with Crippen LogP contribution in [0.5, 0.6) is 11.5 Å². The van der Waals surface area contributed by atoms with Gasteiger partial charge in [-0.05, 0) is 81.1 Å². The summed E-state index contributed by atoms with van der Waals surface area (Å²) in [4.78, 5) is 9.46. The van der Waals surface area contributed by atoms with Crippen LogP contribution in [0.25, 0.3) is 27.6 Å². The van der Waals surface area contributed by atoms with Gasteiger partial charge in [-0.2, -0.15) is 12.1 Å². The molecule has 0 saturated heterocycles. The number of para-hydroxylation sites is 1. The van der Waals surface area contributed by atoms with Crippen LogP contribution < -0.4 is 14.5 Å². The van der Waals surface area contributed by atoms with E-state index in [1.54, 1.807) is 0 Å². The Labute approximate surface area is 392 Å². The largest absolute Gasteiger partial charge is 0.509 e. The smallest absolute Gasteiger partial charge is 0.135 e. The predicted octanol–water partition coefficient (Wildman–Crippen LogP) is 14.9. The maximum Gasteiger partial charge on any atom is 0.135 e. The molecule has 9 aromatic rings. The van der Waals surface area contributed by atoms with E-state index in [0.29, 0.717) is 11.5 Å². The molecule has 0 radical (unpaired) electrons. The van der Waals surface area contributed by atoms with Gasteiger partial charge >= 0.3 is 0 Å². The van der Waals surface area contributed by atoms with E-state index >= 15 is 0 Å². The fourth-order valence-corrected chi connectivity index (χ4v) is 8.97. The maximum atomic E-state index is 6.68. The Kier molecular flexibility index (Phi) is 11.1. The Morgan fingerprint density at radius 1 is 0.500 bits per heavy atom. The van der Waals surface area contributed by atoms with Crippen molar-refractivity contribution >= 4 is 44.6 Å². The van der Waals surface area contributed by atoms with Gasteiger partial charge in [-0.25, -0.2) is 4.98 Å². The van der Waals surface area contributed by atoms with E-state index in [-0.39, 0.29) is 37.3 Å². The topological polar surface area (TPSA) is 33.5 Å². The van der Waals surface area contributed by atoms with Crippen LogP contribution in [0, 0.1) is 18.8 Å². The minimum absolute atomic E-state index is 0. The van der Waals surface area contributed by atoms with Crippen molar-refractivity contribution in [3.63, 3.8) is 0 Å². The number of nitrogens with zero attached hydrogens (tertiary/aromatic N) is 4. The molecule has 0 atom stereocenters. The number of hydrogen-bond donors (Lipinski definition) is 0. The molecule has 0 spiro atoms. The number of fused-ring (bicyclic) bond motifs is 4. The summed E-state index contributed by atoms with van der Waals surface area (Å²) >= 11 is 0. The van der Waals surface area contributed by atoms with Gasteiger partial charge in [0.05, 0.1) is 0 Å². The minimum atomic E-state index is -0.224. The molecule has 0 unspecified atom stereocenters. The summed E-state index contributed by atoms with van der Waals surface area (Å²) in [6.45, 7) is 18.1. The molecular formula is C58H51N4OPt-3. The van der Waals surface area contributed by atoms with Crippen molar-refractivity contribution in [2.24, 2.45) is 0 Å². The van der Waals surface area contributed by atoms with Gasteiger partial charge in [0.1, 0.15) is 5.82 Å². The molecule has 0 saturated carbocycles. The molecule has 1 aliphatic rings. The maximum absolute atomic E-state index is 6.68. The van der Waals surface area contributed by atoms with Crippen molar-refractivity contribution in [2.75, 3.05) is 9.80 Å². The molecule has 322 valence electrons. The Hall–Kier alpha value is -6.42. The van der Waals surface area contributed by atoms with Crippen LogP contribution in [-0.2, 0) is 37.3 Å². The molecule has 5 nitrogen and oxygen atoms in total. The second-order valence-corrected chi connectivity index (χ2v) is 18.7. The molecule has 64 heavy (non-hydrogen) atoms. The molecule has 0 bridgehead atoms. The molecule has 1 aliphatic heterocycles. The predicted molar refractivity (Wildman–Crippen MR) is 260 cm³/mol. The van der Waals surface area contributed by atoms with Crippen molar-refractivity contribution in [3.05, 3.63) is 223 Å². The van der Waals surface area contributed by atoms with E-state index in [2.05, 4.69) is 233 Å². The van der Waals surface area contributed by atoms with Gasteiger partial charge in [-0.3, -0.25) is 0 Å². The van der Waals surface area contributed by atoms with Gasteiger partial charge in [0.25, 0.3) is 0 Å². The van der Waals surface area contributed by atoms with Crippen molar-refractivity contribution < 1.29 is 25.8 Å². The van der Waals surface area contributed by atoms with Crippen molar-refractivity contribution in [1.82, 2.24) is 9.55 Å². The average Bonchev–Trinajstić information content (AvgIpc) is 3.85. The summed E-state index contributed by atoms with van der Waals surface area (Å²) in [6, 6.07) is 67.4. The Balaban J connectivity index is 0.00000518. The molecule has 2 aromatic heterocycles. The number of anilines is 4. The number of aromatic nitrogens is 2. The first-order chi connectivity index (χ1) is 30.4. The fraction of sp³-hybridized carbons (Fsp3) is 0.172. The Morgan fingerprint density at radius 2 is 1.14 bits per heavy atom. The van der Waals surface area contributed by atoms with E-state index in [9.17, 15) is 0 Å². The monoisotopic (exact) mass is 1010 g/mol. The first-order valence-corrected chi connectivity index (χ1v) is 21.8. The fourth-order valence-electron chi connectivity index (χ4n) is 8.97. The summed E-state index contributed by atoms with van der Waals surface area (Å²) in [6.07, 6.45) is 1.91. The molecule has 0 fully saturated rings. The van der Waals surface area contributed by atoms with E-state index in [4.69, 9.17) is 9.72 Å². The summed E-state index contributed by atoms with van der Waals surface area (Å²) in [7, 11) is 0. The zero-order chi connectivity index (χ0) is 43.5. The average molecular weight is 1020 g/mol. The van der Waals surface area contributed by atoms with Crippen molar-refractivity contribution in [1.29, 1.82) is 0 Å². The number of ether oxygens (including phenoxy) is 1. The van der Waals surface area contributed by atoms with Gasteiger partial charge in [-0.15, -0.1) is 48.1 Å². The summed E-state index contributed by atoms with van der Waals surface area (Å²) in [5, 5.41) is 2.22. The van der Waals surface area contributed by atoms with Crippen molar-refractivity contribution in [3.8, 4) is 17.3 Å². The van der Waals surface area contributed by atoms with E-state index in [0.717, 1.165) is 50.4 Å². The van der Waals surface area contributed by atoms with Crippen LogP contribution in [0.1, 0.15) is 76.3 Å². The second kappa shape index (κ2) is 16.6. The number of pyridine rings is 1. The third-order valence-electron chi connectivity index (χ3n) is 12.9. The zero-order valence-electron chi connectivity index (χ0n) is 37.3. The van der Waals surface area contributed by atoms with Crippen LogP contribution in [-0.4, -0.2) is 9.55 Å². The van der Waals surface area contributed by atoms with Gasteiger partial charge in [0.15, 0.2) is 0 Å². The quantitative estimate of drug-likeness (QED) is 0.135. The van der Waals surface area contributed by atoms with Gasteiger partial charge in [0, 0.05) is 72.2 Å². The van der Waals surface area contributed by atoms with Gasteiger partial charge in [-0.1, -0.05) is 151 Å². The summed E-state index contributed by atoms with van der Waals surface area (Å²) < 4.78 is 8.89. The SMILES string of the molecule is CC(C)(C)c1ccc2c(c1)N(c1[c-]c(Oc3[c-]c4c(cc3)c3ccccc3n4-c3cc(C(C)(C)c4ccccc4)ccn3)ccc1)[CH-]N2c1cccc(C(C)(C)c2ccccc2)c1.[Pt]. The van der Waals surface area contributed by atoms with Gasteiger partial charge < -0.3 is 19.1 Å². The third kappa shape index (κ3) is 7.71. The van der Waals surface area contributed by atoms with Crippen LogP contribution in [0.3, 0.4) is 0 Å². The molecular weight excluding hydrogens is 964 g/mol. The molecule has 7 aromatic carbocycles. The van der Waals surface area contributed by atoms with Crippen LogP contribution >= 0.6 is 0 Å².